The molecule has 2 amide bonds. The third kappa shape index (κ3) is 5.37. The minimum absolute atomic E-state index is 0.0576. The molecule has 0 saturated carbocycles. The van der Waals surface area contributed by atoms with Gasteiger partial charge in [-0.25, -0.2) is 8.42 Å². The Labute approximate surface area is 198 Å². The van der Waals surface area contributed by atoms with Gasteiger partial charge in [0, 0.05) is 13.1 Å². The van der Waals surface area contributed by atoms with Crippen LogP contribution in [0.4, 0.5) is 0 Å². The van der Waals surface area contributed by atoms with Gasteiger partial charge in [-0.15, -0.1) is 0 Å². The molecule has 3 aromatic rings. The van der Waals surface area contributed by atoms with Crippen LogP contribution in [0.1, 0.15) is 19.8 Å². The summed E-state index contributed by atoms with van der Waals surface area (Å²) in [5.74, 6) is -0.962. The van der Waals surface area contributed by atoms with E-state index in [1.165, 1.54) is 16.4 Å². The second-order valence-electron chi connectivity index (χ2n) is 8.26. The lowest BCUT2D eigenvalue weighted by Crippen LogP contribution is -2.52. The van der Waals surface area contributed by atoms with Gasteiger partial charge in [0.1, 0.15) is 5.75 Å². The first kappa shape index (κ1) is 23.7. The Morgan fingerprint density at radius 2 is 1.68 bits per heavy atom. The van der Waals surface area contributed by atoms with E-state index in [-0.39, 0.29) is 11.4 Å². The van der Waals surface area contributed by atoms with Crippen LogP contribution in [-0.4, -0.2) is 43.7 Å². The molecule has 1 aliphatic rings. The lowest BCUT2D eigenvalue weighted by atomic mass is 9.99. The Hall–Kier alpha value is -3.43. The fraction of sp³-hybridized carbons (Fsp3) is 0.280. The highest BCUT2D eigenvalue weighted by Crippen LogP contribution is 2.24. The first-order chi connectivity index (χ1) is 16.3. The van der Waals surface area contributed by atoms with Crippen LogP contribution in [0.25, 0.3) is 10.8 Å². The van der Waals surface area contributed by atoms with Gasteiger partial charge in [-0.2, -0.15) is 4.31 Å². The summed E-state index contributed by atoms with van der Waals surface area (Å²) in [6.45, 7) is 2.00. The van der Waals surface area contributed by atoms with Crippen LogP contribution < -0.4 is 15.6 Å². The number of sulfonamides is 1. The molecule has 0 spiro atoms. The smallest absolute Gasteiger partial charge is 0.279 e. The molecule has 4 rings (SSSR count). The largest absolute Gasteiger partial charge is 0.481 e. The van der Waals surface area contributed by atoms with Gasteiger partial charge in [0.15, 0.2) is 6.10 Å². The fourth-order valence-electron chi connectivity index (χ4n) is 3.94. The van der Waals surface area contributed by atoms with E-state index < -0.39 is 33.9 Å². The van der Waals surface area contributed by atoms with Crippen LogP contribution in [0.3, 0.4) is 0 Å². The van der Waals surface area contributed by atoms with E-state index in [0.717, 1.165) is 10.8 Å². The SMILES string of the molecule is CC(Oc1ccc2ccccc2c1)C(=O)NNC(=O)C1CCCN(S(=O)(=O)c2ccccc2)C1. The molecule has 8 nitrogen and oxygen atoms in total. The number of benzene rings is 3. The molecular formula is C25H27N3O5S. The highest BCUT2D eigenvalue weighted by molar-refractivity contribution is 7.89. The normalized spacial score (nSPS) is 17.6. The molecule has 2 unspecified atom stereocenters. The molecule has 2 atom stereocenters. The van der Waals surface area contributed by atoms with Gasteiger partial charge in [0.2, 0.25) is 15.9 Å². The van der Waals surface area contributed by atoms with Gasteiger partial charge in [0.05, 0.1) is 10.8 Å². The molecule has 0 bridgehead atoms. The number of amides is 2. The zero-order chi connectivity index (χ0) is 24.1. The highest BCUT2D eigenvalue weighted by Gasteiger charge is 2.33. The zero-order valence-electron chi connectivity index (χ0n) is 18.8. The van der Waals surface area contributed by atoms with E-state index in [9.17, 15) is 18.0 Å². The molecule has 1 heterocycles. The third-order valence-electron chi connectivity index (χ3n) is 5.85. The van der Waals surface area contributed by atoms with Gasteiger partial charge in [0.25, 0.3) is 5.91 Å². The van der Waals surface area contributed by atoms with Crippen LogP contribution in [-0.2, 0) is 19.6 Å². The van der Waals surface area contributed by atoms with Crippen molar-refractivity contribution in [2.45, 2.75) is 30.8 Å². The molecule has 1 fully saturated rings. The van der Waals surface area contributed by atoms with E-state index in [0.29, 0.717) is 25.1 Å². The quantitative estimate of drug-likeness (QED) is 0.527. The van der Waals surface area contributed by atoms with Crippen molar-refractivity contribution in [2.24, 2.45) is 5.92 Å². The van der Waals surface area contributed by atoms with Gasteiger partial charge >= 0.3 is 0 Å². The van der Waals surface area contributed by atoms with Crippen LogP contribution in [0.5, 0.6) is 5.75 Å². The predicted molar refractivity (Wildman–Crippen MR) is 128 cm³/mol. The maximum atomic E-state index is 12.9. The molecule has 0 aromatic heterocycles. The van der Waals surface area contributed by atoms with E-state index in [4.69, 9.17) is 4.74 Å². The van der Waals surface area contributed by atoms with Crippen molar-refractivity contribution >= 4 is 32.6 Å². The summed E-state index contributed by atoms with van der Waals surface area (Å²) in [7, 11) is -3.68. The third-order valence-corrected chi connectivity index (χ3v) is 7.73. The number of carbonyl (C=O) groups is 2. The number of fused-ring (bicyclic) bond motifs is 1. The molecule has 0 radical (unpaired) electrons. The summed E-state index contributed by atoms with van der Waals surface area (Å²) in [6, 6.07) is 21.5. The molecule has 1 aliphatic heterocycles. The number of piperidine rings is 1. The summed E-state index contributed by atoms with van der Waals surface area (Å²) in [5.41, 5.74) is 4.81. The number of hydrazine groups is 1. The second kappa shape index (κ2) is 10.2. The van der Waals surface area contributed by atoms with Crippen molar-refractivity contribution < 1.29 is 22.7 Å². The minimum atomic E-state index is -3.68. The Morgan fingerprint density at radius 1 is 0.971 bits per heavy atom. The average molecular weight is 482 g/mol. The zero-order valence-corrected chi connectivity index (χ0v) is 19.6. The second-order valence-corrected chi connectivity index (χ2v) is 10.2. The van der Waals surface area contributed by atoms with E-state index in [1.807, 2.05) is 36.4 Å². The van der Waals surface area contributed by atoms with E-state index in [2.05, 4.69) is 10.9 Å². The molecule has 34 heavy (non-hydrogen) atoms. The van der Waals surface area contributed by atoms with Gasteiger partial charge in [-0.05, 0) is 54.8 Å². The van der Waals surface area contributed by atoms with Crippen molar-refractivity contribution in [1.82, 2.24) is 15.2 Å². The molecule has 9 heteroatoms. The number of hydrogen-bond donors (Lipinski definition) is 2. The Kier molecular flexibility index (Phi) is 7.14. The van der Waals surface area contributed by atoms with Crippen LogP contribution >= 0.6 is 0 Å². The van der Waals surface area contributed by atoms with E-state index >= 15 is 0 Å². The van der Waals surface area contributed by atoms with Crippen molar-refractivity contribution in [3.63, 3.8) is 0 Å². The number of rotatable bonds is 6. The Morgan fingerprint density at radius 3 is 2.44 bits per heavy atom. The molecule has 3 aromatic carbocycles. The average Bonchev–Trinajstić information content (AvgIpc) is 2.87. The number of hydrogen-bond acceptors (Lipinski definition) is 5. The van der Waals surface area contributed by atoms with Crippen molar-refractivity contribution in [2.75, 3.05) is 13.1 Å². The predicted octanol–water partition coefficient (Wildman–Crippen LogP) is 2.86. The van der Waals surface area contributed by atoms with E-state index in [1.54, 1.807) is 31.2 Å². The number of nitrogens with zero attached hydrogens (tertiary/aromatic N) is 1. The fourth-order valence-corrected chi connectivity index (χ4v) is 5.49. The summed E-state index contributed by atoms with van der Waals surface area (Å²) < 4.78 is 32.8. The number of nitrogens with one attached hydrogen (secondary N) is 2. The van der Waals surface area contributed by atoms with Gasteiger partial charge in [-0.3, -0.25) is 20.4 Å². The summed E-state index contributed by atoms with van der Waals surface area (Å²) in [4.78, 5) is 25.3. The Bertz CT molecular complexity index is 1280. The number of ether oxygens (including phenoxy) is 1. The molecule has 0 aliphatic carbocycles. The standard InChI is InChI=1S/C25H27N3O5S/c1-18(33-22-14-13-19-8-5-6-9-20(19)16-22)24(29)26-27-25(30)21-10-7-15-28(17-21)34(31,32)23-11-3-2-4-12-23/h2-6,8-9,11-14,16,18,21H,7,10,15,17H2,1H3,(H,26,29)(H,27,30). The Balaban J connectivity index is 1.31. The topological polar surface area (TPSA) is 105 Å². The maximum absolute atomic E-state index is 12.9. The first-order valence-corrected chi connectivity index (χ1v) is 12.6. The lowest BCUT2D eigenvalue weighted by molar-refractivity contribution is -0.134. The van der Waals surface area contributed by atoms with Crippen LogP contribution in [0.2, 0.25) is 0 Å². The maximum Gasteiger partial charge on any atom is 0.279 e. The summed E-state index contributed by atoms with van der Waals surface area (Å²) >= 11 is 0. The van der Waals surface area contributed by atoms with Crippen LogP contribution in [0, 0.1) is 5.92 Å². The van der Waals surface area contributed by atoms with Gasteiger partial charge < -0.3 is 4.74 Å². The van der Waals surface area contributed by atoms with Crippen molar-refractivity contribution in [3.05, 3.63) is 72.8 Å². The molecule has 178 valence electrons. The summed E-state index contributed by atoms with van der Waals surface area (Å²) in [5, 5.41) is 2.06. The summed E-state index contributed by atoms with van der Waals surface area (Å²) in [6.07, 6.45) is 0.244. The molecular weight excluding hydrogens is 454 g/mol. The van der Waals surface area contributed by atoms with Crippen molar-refractivity contribution in [1.29, 1.82) is 0 Å². The minimum Gasteiger partial charge on any atom is -0.481 e. The molecule has 1 saturated heterocycles. The monoisotopic (exact) mass is 481 g/mol. The highest BCUT2D eigenvalue weighted by atomic mass is 32.2. The van der Waals surface area contributed by atoms with Crippen molar-refractivity contribution in [3.8, 4) is 5.75 Å². The lowest BCUT2D eigenvalue weighted by Gasteiger charge is -2.31. The molecule has 2 N–H and O–H groups in total. The van der Waals surface area contributed by atoms with Gasteiger partial charge in [-0.1, -0.05) is 48.5 Å². The first-order valence-electron chi connectivity index (χ1n) is 11.1. The van der Waals surface area contributed by atoms with Crippen LogP contribution in [0.15, 0.2) is 77.7 Å². The number of carbonyl (C=O) groups excluding carboxylic acids is 2.